The molecule has 29 heavy (non-hydrogen) atoms. The Morgan fingerprint density at radius 1 is 0.931 bits per heavy atom. The molecular formula is C23H41NO4S. The highest BCUT2D eigenvalue weighted by atomic mass is 32.2. The first kappa shape index (κ1) is 27.6. The first-order valence-corrected chi connectivity index (χ1v) is 12.8. The number of nitrogens with one attached hydrogen (secondary N) is 1. The van der Waals surface area contributed by atoms with E-state index >= 15 is 0 Å². The maximum absolute atomic E-state index is 11.9. The quantitative estimate of drug-likeness (QED) is 0.221. The van der Waals surface area contributed by atoms with E-state index in [4.69, 9.17) is 5.11 Å². The maximum atomic E-state index is 11.9. The molecule has 0 radical (unpaired) electrons. The van der Waals surface area contributed by atoms with Crippen molar-refractivity contribution >= 4 is 22.7 Å². The summed E-state index contributed by atoms with van der Waals surface area (Å²) < 4.78 is 11.1. The zero-order valence-corrected chi connectivity index (χ0v) is 19.2. The highest BCUT2D eigenvalue weighted by Gasteiger charge is 2.19. The second-order valence-corrected chi connectivity index (χ2v) is 9.06. The van der Waals surface area contributed by atoms with Crippen LogP contribution in [-0.4, -0.2) is 39.2 Å². The SMILES string of the molecule is CCCCC/C=C\C/C=C\CCCCCCCC(=O)N[C@@H](CCS(C)=O)C(=O)O. The largest absolute Gasteiger partial charge is 0.480 e. The zero-order valence-electron chi connectivity index (χ0n) is 18.4. The smallest absolute Gasteiger partial charge is 0.326 e. The molecule has 0 rings (SSSR count). The van der Waals surface area contributed by atoms with Gasteiger partial charge < -0.3 is 10.4 Å². The molecule has 0 aromatic rings. The Balaban J connectivity index is 3.61. The molecule has 2 N–H and O–H groups in total. The number of hydrogen-bond donors (Lipinski definition) is 2. The van der Waals surface area contributed by atoms with Crippen LogP contribution in [0, 0.1) is 0 Å². The van der Waals surface area contributed by atoms with E-state index < -0.39 is 22.8 Å². The van der Waals surface area contributed by atoms with Crippen LogP contribution in [-0.2, 0) is 20.4 Å². The third kappa shape index (κ3) is 19.7. The number of carboxylic acid groups (broad SMARTS) is 1. The van der Waals surface area contributed by atoms with E-state index in [2.05, 4.69) is 36.5 Å². The summed E-state index contributed by atoms with van der Waals surface area (Å²) in [5, 5.41) is 11.6. The number of hydrogen-bond acceptors (Lipinski definition) is 3. The number of carboxylic acids is 1. The minimum absolute atomic E-state index is 0.201. The highest BCUT2D eigenvalue weighted by molar-refractivity contribution is 7.84. The monoisotopic (exact) mass is 427 g/mol. The lowest BCUT2D eigenvalue weighted by Gasteiger charge is -2.13. The molecule has 0 aliphatic rings. The third-order valence-electron chi connectivity index (χ3n) is 4.68. The van der Waals surface area contributed by atoms with Crippen molar-refractivity contribution in [3.63, 3.8) is 0 Å². The summed E-state index contributed by atoms with van der Waals surface area (Å²) in [7, 11) is -1.06. The molecule has 1 amide bonds. The van der Waals surface area contributed by atoms with Crippen LogP contribution in [0.25, 0.3) is 0 Å². The van der Waals surface area contributed by atoms with E-state index in [0.717, 1.165) is 44.9 Å². The second kappa shape index (κ2) is 19.9. The summed E-state index contributed by atoms with van der Waals surface area (Å²) in [5.41, 5.74) is 0. The molecule has 0 spiro atoms. The molecule has 168 valence electrons. The number of unbranched alkanes of at least 4 members (excludes halogenated alkanes) is 8. The van der Waals surface area contributed by atoms with E-state index in [0.29, 0.717) is 6.42 Å². The average Bonchev–Trinajstić information content (AvgIpc) is 2.67. The van der Waals surface area contributed by atoms with Crippen LogP contribution in [0.1, 0.15) is 90.4 Å². The number of rotatable bonds is 19. The van der Waals surface area contributed by atoms with Gasteiger partial charge in [-0.2, -0.15) is 0 Å². The van der Waals surface area contributed by atoms with Gasteiger partial charge in [-0.25, -0.2) is 4.79 Å². The number of allylic oxidation sites excluding steroid dienone is 4. The number of amides is 1. The van der Waals surface area contributed by atoms with Crippen LogP contribution in [0.4, 0.5) is 0 Å². The Kier molecular flexibility index (Phi) is 18.9. The van der Waals surface area contributed by atoms with Crippen molar-refractivity contribution in [3.8, 4) is 0 Å². The van der Waals surface area contributed by atoms with Crippen LogP contribution in [0.2, 0.25) is 0 Å². The van der Waals surface area contributed by atoms with Crippen molar-refractivity contribution in [2.45, 2.75) is 96.4 Å². The average molecular weight is 428 g/mol. The van der Waals surface area contributed by atoms with Gasteiger partial charge in [0.15, 0.2) is 0 Å². The molecule has 0 saturated heterocycles. The summed E-state index contributed by atoms with van der Waals surface area (Å²) >= 11 is 0. The highest BCUT2D eigenvalue weighted by Crippen LogP contribution is 2.08. The van der Waals surface area contributed by atoms with Crippen molar-refractivity contribution in [1.29, 1.82) is 0 Å². The fraction of sp³-hybridized carbons (Fsp3) is 0.739. The summed E-state index contributed by atoms with van der Waals surface area (Å²) in [6, 6.07) is -0.940. The number of aliphatic carboxylic acids is 1. The predicted octanol–water partition coefficient (Wildman–Crippen LogP) is 5.14. The Hall–Kier alpha value is -1.43. The molecule has 5 nitrogen and oxygen atoms in total. The molecule has 6 heteroatoms. The van der Waals surface area contributed by atoms with Crippen LogP contribution in [0.15, 0.2) is 24.3 Å². The molecule has 0 bridgehead atoms. The molecule has 1 unspecified atom stereocenters. The van der Waals surface area contributed by atoms with Crippen molar-refractivity contribution in [1.82, 2.24) is 5.32 Å². The summed E-state index contributed by atoms with van der Waals surface area (Å²) in [6.45, 7) is 2.22. The molecule has 2 atom stereocenters. The van der Waals surface area contributed by atoms with Crippen molar-refractivity contribution < 1.29 is 18.9 Å². The zero-order chi connectivity index (χ0) is 21.7. The molecule has 0 aliphatic carbocycles. The fourth-order valence-electron chi connectivity index (χ4n) is 2.90. The van der Waals surface area contributed by atoms with Crippen LogP contribution < -0.4 is 5.32 Å². The van der Waals surface area contributed by atoms with E-state index in [-0.39, 0.29) is 18.1 Å². The van der Waals surface area contributed by atoms with Gasteiger partial charge in [-0.05, 0) is 44.9 Å². The van der Waals surface area contributed by atoms with E-state index in [1.165, 1.54) is 31.9 Å². The minimum atomic E-state index is -1.07. The topological polar surface area (TPSA) is 83.5 Å². The van der Waals surface area contributed by atoms with Gasteiger partial charge in [0, 0.05) is 29.2 Å². The molecule has 0 saturated carbocycles. The lowest BCUT2D eigenvalue weighted by atomic mass is 10.1. The molecule has 0 fully saturated rings. The fourth-order valence-corrected chi connectivity index (χ4v) is 3.47. The van der Waals surface area contributed by atoms with Gasteiger partial charge in [0.2, 0.25) is 5.91 Å². The Bertz CT molecular complexity index is 517. The number of carbonyl (C=O) groups excluding carboxylic acids is 1. The van der Waals surface area contributed by atoms with E-state index in [1.807, 2.05) is 0 Å². The van der Waals surface area contributed by atoms with Gasteiger partial charge in [0.25, 0.3) is 0 Å². The van der Waals surface area contributed by atoms with Crippen LogP contribution >= 0.6 is 0 Å². The summed E-state index contributed by atoms with van der Waals surface area (Å²) in [6.07, 6.45) is 23.4. The lowest BCUT2D eigenvalue weighted by molar-refractivity contribution is -0.141. The lowest BCUT2D eigenvalue weighted by Crippen LogP contribution is -2.41. The second-order valence-electron chi connectivity index (χ2n) is 7.51. The Labute approximate surface area is 179 Å². The van der Waals surface area contributed by atoms with Gasteiger partial charge in [0.05, 0.1) is 0 Å². The van der Waals surface area contributed by atoms with E-state index in [9.17, 15) is 13.8 Å². The predicted molar refractivity (Wildman–Crippen MR) is 122 cm³/mol. The van der Waals surface area contributed by atoms with Crippen molar-refractivity contribution in [2.75, 3.05) is 12.0 Å². The van der Waals surface area contributed by atoms with Gasteiger partial charge in [-0.15, -0.1) is 0 Å². The summed E-state index contributed by atoms with van der Waals surface area (Å²) in [5.74, 6) is -1.02. The van der Waals surface area contributed by atoms with E-state index in [1.54, 1.807) is 0 Å². The molecule has 0 heterocycles. The first-order chi connectivity index (χ1) is 14.0. The Morgan fingerprint density at radius 2 is 1.52 bits per heavy atom. The maximum Gasteiger partial charge on any atom is 0.326 e. The van der Waals surface area contributed by atoms with Crippen LogP contribution in [0.3, 0.4) is 0 Å². The Morgan fingerprint density at radius 3 is 2.10 bits per heavy atom. The molecule has 0 aromatic carbocycles. The third-order valence-corrected chi connectivity index (χ3v) is 5.49. The number of carbonyl (C=O) groups is 2. The van der Waals surface area contributed by atoms with Gasteiger partial charge in [-0.1, -0.05) is 63.3 Å². The molecular weight excluding hydrogens is 386 g/mol. The van der Waals surface area contributed by atoms with Crippen LogP contribution in [0.5, 0.6) is 0 Å². The molecule has 0 aromatic heterocycles. The normalized spacial score (nSPS) is 13.7. The van der Waals surface area contributed by atoms with Gasteiger partial charge in [-0.3, -0.25) is 9.00 Å². The van der Waals surface area contributed by atoms with Gasteiger partial charge in [0.1, 0.15) is 6.04 Å². The molecule has 0 aliphatic heterocycles. The summed E-state index contributed by atoms with van der Waals surface area (Å²) in [4.78, 5) is 23.0. The minimum Gasteiger partial charge on any atom is -0.480 e. The van der Waals surface area contributed by atoms with Crippen molar-refractivity contribution in [3.05, 3.63) is 24.3 Å². The van der Waals surface area contributed by atoms with Crippen molar-refractivity contribution in [2.24, 2.45) is 0 Å². The first-order valence-electron chi connectivity index (χ1n) is 11.1. The standard InChI is InChI=1S/C23H41NO4S/c1-3-4-5-6-7-8-9-10-11-12-13-14-15-16-17-18-22(25)24-21(23(26)27)19-20-29(2)28/h7-8,10-11,21H,3-6,9,12-20H2,1-2H3,(H,24,25)(H,26,27)/b8-7-,11-10-/t21-,29?/m0/s1. The van der Waals surface area contributed by atoms with Gasteiger partial charge >= 0.3 is 5.97 Å².